The summed E-state index contributed by atoms with van der Waals surface area (Å²) in [6.45, 7) is 3.59. The minimum Gasteiger partial charge on any atom is -0.456 e. The van der Waals surface area contributed by atoms with E-state index in [2.05, 4.69) is 11.8 Å². The molecule has 0 spiro atoms. The lowest BCUT2D eigenvalue weighted by atomic mass is 10.1. The second-order valence-corrected chi connectivity index (χ2v) is 3.55. The van der Waals surface area contributed by atoms with Gasteiger partial charge < -0.3 is 4.74 Å². The van der Waals surface area contributed by atoms with E-state index in [1.807, 2.05) is 12.1 Å². The van der Waals surface area contributed by atoms with Gasteiger partial charge in [0.1, 0.15) is 5.78 Å². The van der Waals surface area contributed by atoms with Gasteiger partial charge in [-0.2, -0.15) is 0 Å². The van der Waals surface area contributed by atoms with Crippen molar-refractivity contribution in [1.82, 2.24) is 0 Å². The molecule has 0 aliphatic heterocycles. The van der Waals surface area contributed by atoms with Crippen LogP contribution in [0.1, 0.15) is 25.0 Å². The van der Waals surface area contributed by atoms with Crippen molar-refractivity contribution < 1.29 is 14.3 Å². The first-order valence-corrected chi connectivity index (χ1v) is 5.39. The quantitative estimate of drug-likeness (QED) is 0.586. The molecular weight excluding hydrogens is 216 g/mol. The zero-order valence-electron chi connectivity index (χ0n) is 9.95. The molecule has 0 saturated heterocycles. The highest BCUT2D eigenvalue weighted by molar-refractivity contribution is 5.89. The van der Waals surface area contributed by atoms with E-state index >= 15 is 0 Å². The Morgan fingerprint density at radius 3 is 2.76 bits per heavy atom. The average molecular weight is 230 g/mol. The number of hydrogen-bond donors (Lipinski definition) is 0. The number of hydrogen-bond acceptors (Lipinski definition) is 3. The van der Waals surface area contributed by atoms with E-state index in [1.54, 1.807) is 19.1 Å². The third-order valence-electron chi connectivity index (χ3n) is 1.96. The van der Waals surface area contributed by atoms with Crippen LogP contribution in [0.5, 0.6) is 0 Å². The highest BCUT2D eigenvalue weighted by atomic mass is 16.5. The van der Waals surface area contributed by atoms with E-state index in [0.29, 0.717) is 18.6 Å². The number of ketones is 1. The van der Waals surface area contributed by atoms with E-state index in [-0.39, 0.29) is 5.78 Å². The van der Waals surface area contributed by atoms with Gasteiger partial charge in [-0.15, -0.1) is 0 Å². The predicted octanol–water partition coefficient (Wildman–Crippen LogP) is 1.73. The fourth-order valence-electron chi connectivity index (χ4n) is 1.34. The van der Waals surface area contributed by atoms with Crippen LogP contribution in [0.4, 0.5) is 0 Å². The minimum atomic E-state index is -0.538. The summed E-state index contributed by atoms with van der Waals surface area (Å²) in [6, 6.07) is 7.26. The summed E-state index contributed by atoms with van der Waals surface area (Å²) in [6.07, 6.45) is 0.384. The Hall–Kier alpha value is -2.08. The third-order valence-corrected chi connectivity index (χ3v) is 1.96. The Morgan fingerprint density at radius 1 is 1.35 bits per heavy atom. The SMILES string of the molecule is CCOC(=O)C#Cc1cccc(CC(C)=O)c1. The summed E-state index contributed by atoms with van der Waals surface area (Å²) in [7, 11) is 0. The molecule has 0 amide bonds. The molecule has 0 aliphatic rings. The van der Waals surface area contributed by atoms with Crippen LogP contribution in [0.2, 0.25) is 0 Å². The van der Waals surface area contributed by atoms with Gasteiger partial charge in [-0.05, 0) is 31.5 Å². The molecule has 88 valence electrons. The first kappa shape index (κ1) is 13.0. The molecule has 0 heterocycles. The second kappa shape index (κ2) is 6.49. The second-order valence-electron chi connectivity index (χ2n) is 3.55. The van der Waals surface area contributed by atoms with Gasteiger partial charge in [-0.1, -0.05) is 18.1 Å². The van der Waals surface area contributed by atoms with Crippen LogP contribution in [0.25, 0.3) is 0 Å². The van der Waals surface area contributed by atoms with Gasteiger partial charge in [0.2, 0.25) is 0 Å². The van der Waals surface area contributed by atoms with Crippen LogP contribution in [0.15, 0.2) is 24.3 Å². The molecule has 3 heteroatoms. The van der Waals surface area contributed by atoms with Crippen molar-refractivity contribution in [2.45, 2.75) is 20.3 Å². The molecule has 0 atom stereocenters. The number of carbonyl (C=O) groups excluding carboxylic acids is 2. The summed E-state index contributed by atoms with van der Waals surface area (Å²) in [5.41, 5.74) is 1.60. The normalized spacial score (nSPS) is 9.06. The van der Waals surface area contributed by atoms with E-state index in [0.717, 1.165) is 5.56 Å². The van der Waals surface area contributed by atoms with Crippen molar-refractivity contribution in [3.63, 3.8) is 0 Å². The molecule has 0 saturated carbocycles. The molecule has 0 fully saturated rings. The maximum atomic E-state index is 11.0. The average Bonchev–Trinajstić information content (AvgIpc) is 2.26. The molecule has 1 rings (SSSR count). The van der Waals surface area contributed by atoms with Gasteiger partial charge in [0.25, 0.3) is 0 Å². The van der Waals surface area contributed by atoms with E-state index < -0.39 is 5.97 Å². The molecule has 3 nitrogen and oxygen atoms in total. The van der Waals surface area contributed by atoms with Crippen molar-refractivity contribution >= 4 is 11.8 Å². The summed E-state index contributed by atoms with van der Waals surface area (Å²) >= 11 is 0. The Labute approximate surface area is 101 Å². The zero-order valence-corrected chi connectivity index (χ0v) is 9.95. The number of esters is 1. The number of benzene rings is 1. The predicted molar refractivity (Wildman–Crippen MR) is 64.3 cm³/mol. The van der Waals surface area contributed by atoms with Crippen molar-refractivity contribution in [3.05, 3.63) is 35.4 Å². The fourth-order valence-corrected chi connectivity index (χ4v) is 1.34. The van der Waals surface area contributed by atoms with Crippen LogP contribution in [-0.2, 0) is 20.7 Å². The fraction of sp³-hybridized carbons (Fsp3) is 0.286. The molecule has 1 aromatic carbocycles. The number of carbonyl (C=O) groups is 2. The summed E-state index contributed by atoms with van der Waals surface area (Å²) in [5.74, 6) is 4.65. The summed E-state index contributed by atoms with van der Waals surface area (Å²) in [5, 5.41) is 0. The van der Waals surface area contributed by atoms with Gasteiger partial charge >= 0.3 is 5.97 Å². The lowest BCUT2D eigenvalue weighted by molar-refractivity contribution is -0.136. The first-order chi connectivity index (χ1) is 8.11. The summed E-state index contributed by atoms with van der Waals surface area (Å²) < 4.78 is 4.69. The Balaban J connectivity index is 2.78. The monoisotopic (exact) mass is 230 g/mol. The molecule has 0 unspecified atom stereocenters. The lowest BCUT2D eigenvalue weighted by Crippen LogP contribution is -1.99. The van der Waals surface area contributed by atoms with Crippen LogP contribution in [0, 0.1) is 11.8 Å². The van der Waals surface area contributed by atoms with Crippen LogP contribution in [-0.4, -0.2) is 18.4 Å². The molecule has 0 aliphatic carbocycles. The number of ether oxygens (including phenoxy) is 1. The van der Waals surface area contributed by atoms with Crippen molar-refractivity contribution in [1.29, 1.82) is 0 Å². The highest BCUT2D eigenvalue weighted by Gasteiger charge is 1.98. The molecule has 0 N–H and O–H groups in total. The smallest absolute Gasteiger partial charge is 0.384 e. The standard InChI is InChI=1S/C14H14O3/c1-3-17-14(16)8-7-12-5-4-6-13(10-12)9-11(2)15/h4-6,10H,3,9H2,1-2H3. The maximum Gasteiger partial charge on any atom is 0.384 e. The number of Topliss-reactive ketones (excluding diaryl/α,β-unsaturated/α-hetero) is 1. The molecule has 0 aromatic heterocycles. The van der Waals surface area contributed by atoms with Crippen LogP contribution >= 0.6 is 0 Å². The maximum absolute atomic E-state index is 11.0. The van der Waals surface area contributed by atoms with Crippen LogP contribution in [0.3, 0.4) is 0 Å². The minimum absolute atomic E-state index is 0.0977. The molecular formula is C14H14O3. The van der Waals surface area contributed by atoms with Gasteiger partial charge in [0.05, 0.1) is 6.61 Å². The lowest BCUT2D eigenvalue weighted by Gasteiger charge is -1.98. The highest BCUT2D eigenvalue weighted by Crippen LogP contribution is 2.05. The number of rotatable bonds is 3. The zero-order chi connectivity index (χ0) is 12.7. The van der Waals surface area contributed by atoms with Gasteiger partial charge in [0, 0.05) is 17.9 Å². The summed E-state index contributed by atoms with van der Waals surface area (Å²) in [4.78, 5) is 22.0. The first-order valence-electron chi connectivity index (χ1n) is 5.39. The van der Waals surface area contributed by atoms with E-state index in [1.165, 1.54) is 6.92 Å². The van der Waals surface area contributed by atoms with Gasteiger partial charge in [-0.3, -0.25) is 4.79 Å². The van der Waals surface area contributed by atoms with Crippen LogP contribution < -0.4 is 0 Å². The van der Waals surface area contributed by atoms with Crippen molar-refractivity contribution in [2.24, 2.45) is 0 Å². The van der Waals surface area contributed by atoms with Crippen molar-refractivity contribution in [2.75, 3.05) is 6.61 Å². The van der Waals surface area contributed by atoms with E-state index in [9.17, 15) is 9.59 Å². The third kappa shape index (κ3) is 4.98. The molecule has 17 heavy (non-hydrogen) atoms. The Bertz CT molecular complexity index is 478. The molecule has 0 bridgehead atoms. The topological polar surface area (TPSA) is 43.4 Å². The molecule has 0 radical (unpaired) electrons. The van der Waals surface area contributed by atoms with Crippen molar-refractivity contribution in [3.8, 4) is 11.8 Å². The van der Waals surface area contributed by atoms with Gasteiger partial charge in [0.15, 0.2) is 0 Å². The largest absolute Gasteiger partial charge is 0.456 e. The Morgan fingerprint density at radius 2 is 2.12 bits per heavy atom. The van der Waals surface area contributed by atoms with E-state index in [4.69, 9.17) is 4.74 Å². The molecule has 1 aromatic rings. The van der Waals surface area contributed by atoms with Gasteiger partial charge in [-0.25, -0.2) is 4.79 Å². The Kier molecular flexibility index (Phi) is 4.96.